The standard InChI is InChI=1S/C15H26N4O/c1-5-15(6-2)7-9-19(10-8-15)14(20)13-16-12(11(3)4)17-18-13/h11H,5-10H2,1-4H3,(H,16,17,18). The summed E-state index contributed by atoms with van der Waals surface area (Å²) in [5, 5.41) is 6.92. The van der Waals surface area contributed by atoms with Gasteiger partial charge in [-0.3, -0.25) is 9.89 Å². The van der Waals surface area contributed by atoms with Crippen LogP contribution in [0.25, 0.3) is 0 Å². The molecular weight excluding hydrogens is 252 g/mol. The number of hydrogen-bond donors (Lipinski definition) is 1. The van der Waals surface area contributed by atoms with Crippen molar-refractivity contribution >= 4 is 5.91 Å². The topological polar surface area (TPSA) is 61.9 Å². The quantitative estimate of drug-likeness (QED) is 0.921. The lowest BCUT2D eigenvalue weighted by Gasteiger charge is -2.40. The number of nitrogens with one attached hydrogen (secondary N) is 1. The highest BCUT2D eigenvalue weighted by Gasteiger charge is 2.34. The van der Waals surface area contributed by atoms with Crippen molar-refractivity contribution in [3.63, 3.8) is 0 Å². The zero-order valence-corrected chi connectivity index (χ0v) is 13.1. The van der Waals surface area contributed by atoms with Crippen molar-refractivity contribution in [2.75, 3.05) is 13.1 Å². The molecule has 5 nitrogen and oxygen atoms in total. The van der Waals surface area contributed by atoms with Crippen LogP contribution < -0.4 is 0 Å². The molecule has 1 aliphatic rings. The minimum absolute atomic E-state index is 0.0334. The number of amides is 1. The van der Waals surface area contributed by atoms with Gasteiger partial charge in [0.25, 0.3) is 5.91 Å². The molecule has 0 spiro atoms. The van der Waals surface area contributed by atoms with Crippen LogP contribution in [-0.4, -0.2) is 39.1 Å². The third-order valence-corrected chi connectivity index (χ3v) is 4.85. The van der Waals surface area contributed by atoms with E-state index in [-0.39, 0.29) is 11.8 Å². The number of carbonyl (C=O) groups is 1. The van der Waals surface area contributed by atoms with Gasteiger partial charge in [0, 0.05) is 19.0 Å². The van der Waals surface area contributed by atoms with Crippen molar-refractivity contribution in [1.29, 1.82) is 0 Å². The maximum Gasteiger partial charge on any atom is 0.293 e. The Bertz CT molecular complexity index is 452. The van der Waals surface area contributed by atoms with Gasteiger partial charge in [0.2, 0.25) is 5.82 Å². The van der Waals surface area contributed by atoms with Crippen LogP contribution in [0, 0.1) is 5.41 Å². The predicted molar refractivity (Wildman–Crippen MR) is 78.6 cm³/mol. The number of rotatable bonds is 4. The van der Waals surface area contributed by atoms with Crippen molar-refractivity contribution in [2.45, 2.75) is 59.3 Å². The summed E-state index contributed by atoms with van der Waals surface area (Å²) in [5.74, 6) is 1.32. The van der Waals surface area contributed by atoms with E-state index in [0.29, 0.717) is 11.2 Å². The number of aromatic amines is 1. The van der Waals surface area contributed by atoms with Crippen LogP contribution in [0.3, 0.4) is 0 Å². The zero-order valence-electron chi connectivity index (χ0n) is 13.1. The Kier molecular flexibility index (Phi) is 4.45. The molecule has 5 heteroatoms. The van der Waals surface area contributed by atoms with E-state index < -0.39 is 0 Å². The summed E-state index contributed by atoms with van der Waals surface area (Å²) in [6.45, 7) is 10.2. The van der Waals surface area contributed by atoms with Crippen LogP contribution in [0.1, 0.15) is 75.7 Å². The summed E-state index contributed by atoms with van der Waals surface area (Å²) in [4.78, 5) is 18.6. The normalized spacial score (nSPS) is 18.6. The fraction of sp³-hybridized carbons (Fsp3) is 0.800. The number of carbonyl (C=O) groups excluding carboxylic acids is 1. The third-order valence-electron chi connectivity index (χ3n) is 4.85. The molecule has 2 rings (SSSR count). The van der Waals surface area contributed by atoms with Gasteiger partial charge >= 0.3 is 0 Å². The van der Waals surface area contributed by atoms with Gasteiger partial charge in [-0.1, -0.05) is 40.5 Å². The van der Waals surface area contributed by atoms with Gasteiger partial charge in [-0.15, -0.1) is 5.10 Å². The Labute approximate surface area is 121 Å². The average molecular weight is 278 g/mol. The third kappa shape index (κ3) is 2.86. The largest absolute Gasteiger partial charge is 0.336 e. The van der Waals surface area contributed by atoms with E-state index in [0.717, 1.165) is 31.8 Å². The Morgan fingerprint density at radius 3 is 2.35 bits per heavy atom. The van der Waals surface area contributed by atoms with E-state index in [1.807, 2.05) is 18.7 Å². The highest BCUT2D eigenvalue weighted by molar-refractivity contribution is 5.90. The summed E-state index contributed by atoms with van der Waals surface area (Å²) in [5.41, 5.74) is 0.429. The van der Waals surface area contributed by atoms with Crippen LogP contribution in [0.4, 0.5) is 0 Å². The summed E-state index contributed by atoms with van der Waals surface area (Å²) in [6.07, 6.45) is 4.58. The van der Waals surface area contributed by atoms with Gasteiger partial charge in [0.1, 0.15) is 5.82 Å². The Hall–Kier alpha value is -1.39. The molecule has 1 aromatic heterocycles. The monoisotopic (exact) mass is 278 g/mol. The van der Waals surface area contributed by atoms with E-state index in [1.165, 1.54) is 12.8 Å². The first-order chi connectivity index (χ1) is 9.51. The molecule has 0 radical (unpaired) electrons. The molecule has 0 aliphatic carbocycles. The smallest absolute Gasteiger partial charge is 0.293 e. The maximum absolute atomic E-state index is 12.4. The lowest BCUT2D eigenvalue weighted by Crippen LogP contribution is -2.43. The van der Waals surface area contributed by atoms with Gasteiger partial charge in [-0.25, -0.2) is 4.98 Å². The molecular formula is C15H26N4O. The molecule has 0 aromatic carbocycles. The zero-order chi connectivity index (χ0) is 14.8. The molecule has 1 N–H and O–H groups in total. The summed E-state index contributed by atoms with van der Waals surface area (Å²) in [6, 6.07) is 0. The van der Waals surface area contributed by atoms with E-state index in [4.69, 9.17) is 0 Å². The first-order valence-corrected chi connectivity index (χ1v) is 7.73. The van der Waals surface area contributed by atoms with Gasteiger partial charge in [-0.05, 0) is 18.3 Å². The first-order valence-electron chi connectivity index (χ1n) is 7.73. The van der Waals surface area contributed by atoms with Crippen LogP contribution in [0.5, 0.6) is 0 Å². The molecule has 112 valence electrons. The second kappa shape index (κ2) is 5.94. The Morgan fingerprint density at radius 2 is 1.90 bits per heavy atom. The van der Waals surface area contributed by atoms with Gasteiger partial charge < -0.3 is 4.90 Å². The highest BCUT2D eigenvalue weighted by Crippen LogP contribution is 2.38. The lowest BCUT2D eigenvalue weighted by atomic mass is 9.74. The molecule has 0 unspecified atom stereocenters. The maximum atomic E-state index is 12.4. The van der Waals surface area contributed by atoms with Crippen molar-refractivity contribution in [1.82, 2.24) is 20.1 Å². The molecule has 1 aliphatic heterocycles. The van der Waals surface area contributed by atoms with Gasteiger partial charge in [0.15, 0.2) is 0 Å². The average Bonchev–Trinajstić information content (AvgIpc) is 2.96. The second-order valence-corrected chi connectivity index (χ2v) is 6.20. The lowest BCUT2D eigenvalue weighted by molar-refractivity contribution is 0.0547. The first kappa shape index (κ1) is 15.0. The number of likely N-dealkylation sites (tertiary alicyclic amines) is 1. The fourth-order valence-electron chi connectivity index (χ4n) is 2.91. The van der Waals surface area contributed by atoms with E-state index in [9.17, 15) is 4.79 Å². The van der Waals surface area contributed by atoms with Crippen LogP contribution >= 0.6 is 0 Å². The summed E-state index contributed by atoms with van der Waals surface area (Å²) in [7, 11) is 0. The van der Waals surface area contributed by atoms with Crippen LogP contribution in [0.15, 0.2) is 0 Å². The Morgan fingerprint density at radius 1 is 1.30 bits per heavy atom. The number of H-pyrrole nitrogens is 1. The molecule has 2 heterocycles. The summed E-state index contributed by atoms with van der Waals surface area (Å²) < 4.78 is 0. The van der Waals surface area contributed by atoms with Gasteiger partial charge in [-0.2, -0.15) is 0 Å². The minimum Gasteiger partial charge on any atom is -0.336 e. The van der Waals surface area contributed by atoms with Crippen molar-refractivity contribution in [3.05, 3.63) is 11.6 Å². The molecule has 20 heavy (non-hydrogen) atoms. The number of piperidine rings is 1. The molecule has 1 fully saturated rings. The predicted octanol–water partition coefficient (Wildman–Crippen LogP) is 2.97. The number of nitrogens with zero attached hydrogens (tertiary/aromatic N) is 3. The van der Waals surface area contributed by atoms with Crippen LogP contribution in [-0.2, 0) is 0 Å². The molecule has 0 bridgehead atoms. The molecule has 0 atom stereocenters. The molecule has 0 saturated carbocycles. The summed E-state index contributed by atoms with van der Waals surface area (Å²) >= 11 is 0. The Balaban J connectivity index is 2.01. The van der Waals surface area contributed by atoms with E-state index in [1.54, 1.807) is 0 Å². The van der Waals surface area contributed by atoms with Crippen molar-refractivity contribution in [2.24, 2.45) is 5.41 Å². The highest BCUT2D eigenvalue weighted by atomic mass is 16.2. The fourth-order valence-corrected chi connectivity index (χ4v) is 2.91. The minimum atomic E-state index is -0.0334. The van der Waals surface area contributed by atoms with E-state index >= 15 is 0 Å². The van der Waals surface area contributed by atoms with Crippen molar-refractivity contribution < 1.29 is 4.79 Å². The van der Waals surface area contributed by atoms with E-state index in [2.05, 4.69) is 29.0 Å². The van der Waals surface area contributed by atoms with Crippen molar-refractivity contribution in [3.8, 4) is 0 Å². The molecule has 1 amide bonds. The second-order valence-electron chi connectivity index (χ2n) is 6.20. The SMILES string of the molecule is CCC1(CC)CCN(C(=O)c2n[nH]c(C(C)C)n2)CC1. The molecule has 1 saturated heterocycles. The number of hydrogen-bond acceptors (Lipinski definition) is 3. The van der Waals surface area contributed by atoms with Gasteiger partial charge in [0.05, 0.1) is 0 Å². The van der Waals surface area contributed by atoms with Crippen LogP contribution in [0.2, 0.25) is 0 Å². The number of aromatic nitrogens is 3. The molecule has 1 aromatic rings.